The number of ketones is 1. The molecule has 0 saturated heterocycles. The number of carbonyl (C=O) groups is 1. The van der Waals surface area contributed by atoms with Crippen LogP contribution in [0.5, 0.6) is 0 Å². The van der Waals surface area contributed by atoms with E-state index in [0.29, 0.717) is 19.4 Å². The monoisotopic (exact) mass is 319 g/mol. The molecular weight excluding hydrogens is 304 g/mol. The Morgan fingerprint density at radius 1 is 1.22 bits per heavy atom. The Hall–Kier alpha value is -0.810. The summed E-state index contributed by atoms with van der Waals surface area (Å²) in [5.74, 6) is -1.51. The average molecular weight is 320 g/mol. The predicted octanol–water partition coefficient (Wildman–Crippen LogP) is 3.36. The van der Waals surface area contributed by atoms with E-state index in [1.807, 2.05) is 0 Å². The van der Waals surface area contributed by atoms with Gasteiger partial charge in [0.25, 0.3) is 0 Å². The van der Waals surface area contributed by atoms with Crippen molar-refractivity contribution >= 4 is 21.7 Å². The van der Waals surface area contributed by atoms with Gasteiger partial charge in [0.1, 0.15) is 17.4 Å². The van der Waals surface area contributed by atoms with Crippen molar-refractivity contribution in [3.05, 3.63) is 33.8 Å². The Bertz CT molecular complexity index is 424. The van der Waals surface area contributed by atoms with Crippen molar-refractivity contribution in [2.75, 3.05) is 6.54 Å². The highest BCUT2D eigenvalue weighted by atomic mass is 79.9. The van der Waals surface area contributed by atoms with Gasteiger partial charge in [0.15, 0.2) is 0 Å². The molecule has 100 valence electrons. The van der Waals surface area contributed by atoms with Crippen LogP contribution in [0.25, 0.3) is 0 Å². The van der Waals surface area contributed by atoms with Crippen molar-refractivity contribution < 1.29 is 13.6 Å². The van der Waals surface area contributed by atoms with E-state index in [1.54, 1.807) is 0 Å². The smallest absolute Gasteiger partial charge is 0.143 e. The highest BCUT2D eigenvalue weighted by Gasteiger charge is 2.15. The van der Waals surface area contributed by atoms with Crippen LogP contribution in [0.3, 0.4) is 0 Å². The highest BCUT2D eigenvalue weighted by molar-refractivity contribution is 9.10. The summed E-state index contributed by atoms with van der Waals surface area (Å²) in [4.78, 5) is 11.6. The minimum absolute atomic E-state index is 0.150. The molecule has 0 bridgehead atoms. The zero-order valence-electron chi connectivity index (χ0n) is 10.0. The van der Waals surface area contributed by atoms with Crippen LogP contribution in [0.2, 0.25) is 0 Å². The van der Waals surface area contributed by atoms with Gasteiger partial charge in [-0.15, -0.1) is 0 Å². The van der Waals surface area contributed by atoms with Crippen LogP contribution in [0.1, 0.15) is 31.2 Å². The molecule has 0 atom stereocenters. The average Bonchev–Trinajstić information content (AvgIpc) is 2.35. The number of unbranched alkanes of at least 4 members (excludes halogenated alkanes) is 2. The maximum absolute atomic E-state index is 13.6. The Kier molecular flexibility index (Phi) is 6.43. The molecule has 5 heteroatoms. The van der Waals surface area contributed by atoms with Crippen molar-refractivity contribution in [1.29, 1.82) is 0 Å². The third kappa shape index (κ3) is 4.46. The van der Waals surface area contributed by atoms with Gasteiger partial charge in [-0.3, -0.25) is 4.79 Å². The van der Waals surface area contributed by atoms with Gasteiger partial charge in [-0.1, -0.05) is 6.42 Å². The number of carbonyl (C=O) groups excluding carboxylic acids is 1. The van der Waals surface area contributed by atoms with Gasteiger partial charge in [0.05, 0.1) is 4.47 Å². The highest BCUT2D eigenvalue weighted by Crippen LogP contribution is 2.22. The van der Waals surface area contributed by atoms with Crippen molar-refractivity contribution in [2.24, 2.45) is 5.73 Å². The lowest BCUT2D eigenvalue weighted by Gasteiger charge is -2.06. The summed E-state index contributed by atoms with van der Waals surface area (Å²) in [6.45, 7) is 0.600. The maximum atomic E-state index is 13.6. The van der Waals surface area contributed by atoms with E-state index in [9.17, 15) is 13.6 Å². The second-order valence-electron chi connectivity index (χ2n) is 4.14. The number of rotatable bonds is 7. The lowest BCUT2D eigenvalue weighted by molar-refractivity contribution is -0.118. The van der Waals surface area contributed by atoms with Gasteiger partial charge < -0.3 is 5.73 Å². The van der Waals surface area contributed by atoms with Crippen LogP contribution < -0.4 is 5.73 Å². The molecule has 0 radical (unpaired) electrons. The standard InChI is InChI=1S/C13H16BrF2NO/c14-11-5-6-12(15)10(13(11)16)8-9(18)4-2-1-3-7-17/h5-6H,1-4,7-8,17H2. The number of nitrogens with two attached hydrogens (primary N) is 1. The molecule has 1 aromatic carbocycles. The first-order valence-corrected chi connectivity index (χ1v) is 6.69. The summed E-state index contributed by atoms with van der Waals surface area (Å²) in [5, 5.41) is 0. The molecule has 18 heavy (non-hydrogen) atoms. The normalized spacial score (nSPS) is 10.7. The first-order chi connectivity index (χ1) is 8.56. The fourth-order valence-corrected chi connectivity index (χ4v) is 2.03. The lowest BCUT2D eigenvalue weighted by atomic mass is 10.0. The fraction of sp³-hybridized carbons (Fsp3) is 0.462. The summed E-state index contributed by atoms with van der Waals surface area (Å²) in [5.41, 5.74) is 5.18. The van der Waals surface area contributed by atoms with Gasteiger partial charge in [-0.25, -0.2) is 8.78 Å². The number of hydrogen-bond donors (Lipinski definition) is 1. The van der Waals surface area contributed by atoms with Crippen molar-refractivity contribution in [3.8, 4) is 0 Å². The zero-order chi connectivity index (χ0) is 13.5. The third-order valence-electron chi connectivity index (χ3n) is 2.67. The molecule has 2 N–H and O–H groups in total. The Balaban J connectivity index is 2.57. The van der Waals surface area contributed by atoms with Crippen molar-refractivity contribution in [3.63, 3.8) is 0 Å². The predicted molar refractivity (Wildman–Crippen MR) is 70.3 cm³/mol. The Morgan fingerprint density at radius 3 is 2.61 bits per heavy atom. The van der Waals surface area contributed by atoms with Gasteiger partial charge in [0, 0.05) is 18.4 Å². The van der Waals surface area contributed by atoms with Crippen molar-refractivity contribution in [1.82, 2.24) is 0 Å². The molecule has 0 spiro atoms. The minimum atomic E-state index is -0.690. The first-order valence-electron chi connectivity index (χ1n) is 5.90. The number of Topliss-reactive ketones (excluding diaryl/α,β-unsaturated/α-hetero) is 1. The summed E-state index contributed by atoms with van der Waals surface area (Å²) in [6.07, 6.45) is 2.59. The van der Waals surface area contributed by atoms with E-state index in [4.69, 9.17) is 5.73 Å². The quantitative estimate of drug-likeness (QED) is 0.618. The molecular formula is C13H16BrF2NO. The lowest BCUT2D eigenvalue weighted by Crippen LogP contribution is -2.07. The van der Waals surface area contributed by atoms with Gasteiger partial charge >= 0.3 is 0 Å². The topological polar surface area (TPSA) is 43.1 Å². The largest absolute Gasteiger partial charge is 0.330 e. The van der Waals surface area contributed by atoms with Crippen LogP contribution in [0.15, 0.2) is 16.6 Å². The molecule has 1 rings (SSSR count). The molecule has 2 nitrogen and oxygen atoms in total. The van der Waals surface area contributed by atoms with E-state index >= 15 is 0 Å². The summed E-state index contributed by atoms with van der Waals surface area (Å²) in [7, 11) is 0. The van der Waals surface area contributed by atoms with Crippen LogP contribution in [0.4, 0.5) is 8.78 Å². The fourth-order valence-electron chi connectivity index (χ4n) is 1.66. The molecule has 1 aromatic rings. The second kappa shape index (κ2) is 7.59. The SMILES string of the molecule is NCCCCCC(=O)Cc1c(F)ccc(Br)c1F. The molecule has 0 heterocycles. The molecule has 0 amide bonds. The zero-order valence-corrected chi connectivity index (χ0v) is 11.6. The first kappa shape index (κ1) is 15.2. The number of hydrogen-bond acceptors (Lipinski definition) is 2. The van der Waals surface area contributed by atoms with E-state index in [0.717, 1.165) is 18.9 Å². The molecule has 0 aliphatic carbocycles. The minimum Gasteiger partial charge on any atom is -0.330 e. The molecule has 0 aliphatic rings. The molecule has 0 unspecified atom stereocenters. The van der Waals surface area contributed by atoms with Crippen LogP contribution >= 0.6 is 15.9 Å². The molecule has 0 saturated carbocycles. The third-order valence-corrected chi connectivity index (χ3v) is 3.29. The Labute approximate surface area is 114 Å². The molecule has 0 aliphatic heterocycles. The Morgan fingerprint density at radius 2 is 1.94 bits per heavy atom. The van der Waals surface area contributed by atoms with E-state index < -0.39 is 11.6 Å². The van der Waals surface area contributed by atoms with Gasteiger partial charge in [-0.05, 0) is 47.4 Å². The summed E-state index contributed by atoms with van der Waals surface area (Å²) in [6, 6.07) is 2.45. The number of benzene rings is 1. The van der Waals surface area contributed by atoms with E-state index in [2.05, 4.69) is 15.9 Å². The van der Waals surface area contributed by atoms with Crippen LogP contribution in [0, 0.1) is 11.6 Å². The number of halogens is 3. The summed E-state index contributed by atoms with van der Waals surface area (Å²) < 4.78 is 27.2. The van der Waals surface area contributed by atoms with E-state index in [1.165, 1.54) is 6.07 Å². The second-order valence-corrected chi connectivity index (χ2v) is 4.99. The molecule has 0 aromatic heterocycles. The molecule has 0 fully saturated rings. The van der Waals surface area contributed by atoms with Crippen molar-refractivity contribution in [2.45, 2.75) is 32.1 Å². The van der Waals surface area contributed by atoms with Crippen LogP contribution in [-0.4, -0.2) is 12.3 Å². The maximum Gasteiger partial charge on any atom is 0.143 e. The van der Waals surface area contributed by atoms with Gasteiger partial charge in [0.2, 0.25) is 0 Å². The summed E-state index contributed by atoms with van der Waals surface area (Å²) >= 11 is 2.98. The van der Waals surface area contributed by atoms with E-state index in [-0.39, 0.29) is 22.2 Å². The van der Waals surface area contributed by atoms with Crippen LogP contribution in [-0.2, 0) is 11.2 Å². The van der Waals surface area contributed by atoms with Gasteiger partial charge in [-0.2, -0.15) is 0 Å².